The third-order valence-corrected chi connectivity index (χ3v) is 2.29. The van der Waals surface area contributed by atoms with Crippen molar-refractivity contribution in [3.05, 3.63) is 0 Å². The molecule has 68 valence electrons. The van der Waals surface area contributed by atoms with Crippen molar-refractivity contribution >= 4 is 0 Å². The van der Waals surface area contributed by atoms with Crippen molar-refractivity contribution in [3.63, 3.8) is 0 Å². The number of nitrogens with two attached hydrogens (primary N) is 1. The molecule has 0 aliphatic heterocycles. The zero-order valence-electron chi connectivity index (χ0n) is 8.52. The summed E-state index contributed by atoms with van der Waals surface area (Å²) in [5, 5.41) is 9.97. The molecule has 0 saturated heterocycles. The number of aliphatic hydroxyl groups is 1. The van der Waals surface area contributed by atoms with Gasteiger partial charge in [-0.2, -0.15) is 0 Å². The molecule has 11 heavy (non-hydrogen) atoms. The third kappa shape index (κ3) is 1.94. The highest BCUT2D eigenvalue weighted by Crippen LogP contribution is 2.39. The van der Waals surface area contributed by atoms with Crippen molar-refractivity contribution < 1.29 is 5.11 Å². The average molecular weight is 159 g/mol. The summed E-state index contributed by atoms with van der Waals surface area (Å²) in [6, 6.07) is 0. The molecular weight excluding hydrogens is 138 g/mol. The van der Waals surface area contributed by atoms with Crippen LogP contribution in [-0.4, -0.2) is 10.8 Å². The van der Waals surface area contributed by atoms with Crippen molar-refractivity contribution in [2.75, 3.05) is 0 Å². The zero-order chi connectivity index (χ0) is 9.50. The average Bonchev–Trinajstić information content (AvgIpc) is 1.58. The highest BCUT2D eigenvalue weighted by Gasteiger charge is 2.45. The monoisotopic (exact) mass is 159 g/mol. The molecule has 0 atom stereocenters. The standard InChI is InChI=1S/C9H21NO/c1-7(2,3)9(10,11)8(4,5)6/h11H,10H2,1-6H3. The number of rotatable bonds is 0. The van der Waals surface area contributed by atoms with E-state index in [4.69, 9.17) is 5.73 Å². The third-order valence-electron chi connectivity index (χ3n) is 2.29. The first-order chi connectivity index (χ1) is 4.50. The first kappa shape index (κ1) is 10.9. The molecule has 0 fully saturated rings. The van der Waals surface area contributed by atoms with Crippen LogP contribution < -0.4 is 5.73 Å². The van der Waals surface area contributed by atoms with Crippen LogP contribution in [-0.2, 0) is 0 Å². The molecule has 0 aromatic heterocycles. The predicted molar refractivity (Wildman–Crippen MR) is 48.0 cm³/mol. The molecule has 0 aliphatic carbocycles. The van der Waals surface area contributed by atoms with Crippen LogP contribution in [0.1, 0.15) is 41.5 Å². The van der Waals surface area contributed by atoms with Crippen LogP contribution in [0.2, 0.25) is 0 Å². The van der Waals surface area contributed by atoms with Gasteiger partial charge in [0, 0.05) is 10.8 Å². The van der Waals surface area contributed by atoms with Gasteiger partial charge in [0.25, 0.3) is 0 Å². The van der Waals surface area contributed by atoms with Gasteiger partial charge in [0.2, 0.25) is 0 Å². The van der Waals surface area contributed by atoms with Crippen molar-refractivity contribution in [2.45, 2.75) is 47.3 Å². The molecule has 0 radical (unpaired) electrons. The van der Waals surface area contributed by atoms with Gasteiger partial charge in [-0.3, -0.25) is 0 Å². The summed E-state index contributed by atoms with van der Waals surface area (Å²) in [5.41, 5.74) is 4.13. The molecule has 0 bridgehead atoms. The molecule has 0 aromatic rings. The molecular formula is C9H21NO. The van der Waals surface area contributed by atoms with E-state index in [1.165, 1.54) is 0 Å². The maximum absolute atomic E-state index is 9.97. The van der Waals surface area contributed by atoms with Crippen LogP contribution in [0.3, 0.4) is 0 Å². The summed E-state index contributed by atoms with van der Waals surface area (Å²) in [6.45, 7) is 11.7. The Labute approximate surface area is 69.8 Å². The smallest absolute Gasteiger partial charge is 0.123 e. The van der Waals surface area contributed by atoms with E-state index in [-0.39, 0.29) is 10.8 Å². The SMILES string of the molecule is CC(C)(C)C(N)(O)C(C)(C)C. The zero-order valence-corrected chi connectivity index (χ0v) is 8.52. The summed E-state index contributed by atoms with van der Waals surface area (Å²) < 4.78 is 0. The van der Waals surface area contributed by atoms with Gasteiger partial charge < -0.3 is 10.8 Å². The van der Waals surface area contributed by atoms with E-state index in [0.717, 1.165) is 0 Å². The number of hydrogen-bond acceptors (Lipinski definition) is 2. The molecule has 0 aromatic carbocycles. The van der Waals surface area contributed by atoms with Crippen LogP contribution in [0.25, 0.3) is 0 Å². The molecule has 0 spiro atoms. The van der Waals surface area contributed by atoms with E-state index < -0.39 is 5.72 Å². The molecule has 0 aliphatic rings. The van der Waals surface area contributed by atoms with Crippen molar-refractivity contribution in [3.8, 4) is 0 Å². The van der Waals surface area contributed by atoms with Crippen LogP contribution in [0.5, 0.6) is 0 Å². The Morgan fingerprint density at radius 1 is 0.818 bits per heavy atom. The quantitative estimate of drug-likeness (QED) is 0.529. The van der Waals surface area contributed by atoms with Gasteiger partial charge in [0.05, 0.1) is 0 Å². The second kappa shape index (κ2) is 2.46. The second-order valence-electron chi connectivity index (χ2n) is 5.27. The molecule has 0 saturated carbocycles. The Morgan fingerprint density at radius 2 is 1.00 bits per heavy atom. The largest absolute Gasteiger partial charge is 0.375 e. The maximum Gasteiger partial charge on any atom is 0.123 e. The molecule has 2 heteroatoms. The van der Waals surface area contributed by atoms with Gasteiger partial charge in [-0.1, -0.05) is 41.5 Å². The van der Waals surface area contributed by atoms with E-state index >= 15 is 0 Å². The van der Waals surface area contributed by atoms with Crippen LogP contribution >= 0.6 is 0 Å². The van der Waals surface area contributed by atoms with E-state index in [9.17, 15) is 5.11 Å². The Kier molecular flexibility index (Phi) is 2.44. The lowest BCUT2D eigenvalue weighted by molar-refractivity contribution is -0.132. The van der Waals surface area contributed by atoms with Gasteiger partial charge in [-0.05, 0) is 0 Å². The summed E-state index contributed by atoms with van der Waals surface area (Å²) in [5.74, 6) is 0. The Hall–Kier alpha value is -0.0800. The summed E-state index contributed by atoms with van der Waals surface area (Å²) in [6.07, 6.45) is 0. The van der Waals surface area contributed by atoms with Gasteiger partial charge in [0.15, 0.2) is 0 Å². The van der Waals surface area contributed by atoms with Crippen LogP contribution in [0.4, 0.5) is 0 Å². The van der Waals surface area contributed by atoms with Crippen molar-refractivity contribution in [2.24, 2.45) is 16.6 Å². The fraction of sp³-hybridized carbons (Fsp3) is 1.00. The van der Waals surface area contributed by atoms with E-state index in [1.807, 2.05) is 41.5 Å². The van der Waals surface area contributed by atoms with E-state index in [2.05, 4.69) is 0 Å². The minimum atomic E-state index is -1.13. The van der Waals surface area contributed by atoms with Crippen LogP contribution in [0, 0.1) is 10.8 Å². The molecule has 2 nitrogen and oxygen atoms in total. The van der Waals surface area contributed by atoms with Gasteiger partial charge >= 0.3 is 0 Å². The topological polar surface area (TPSA) is 46.2 Å². The Morgan fingerprint density at radius 3 is 1.00 bits per heavy atom. The minimum Gasteiger partial charge on any atom is -0.375 e. The first-order valence-corrected chi connectivity index (χ1v) is 4.01. The normalized spacial score (nSPS) is 15.3. The van der Waals surface area contributed by atoms with Gasteiger partial charge in [0.1, 0.15) is 5.72 Å². The maximum atomic E-state index is 9.97. The lowest BCUT2D eigenvalue weighted by Crippen LogP contribution is -2.60. The molecule has 0 heterocycles. The van der Waals surface area contributed by atoms with Gasteiger partial charge in [-0.25, -0.2) is 0 Å². The predicted octanol–water partition coefficient (Wildman–Crippen LogP) is 1.73. The summed E-state index contributed by atoms with van der Waals surface area (Å²) in [7, 11) is 0. The summed E-state index contributed by atoms with van der Waals surface area (Å²) in [4.78, 5) is 0. The highest BCUT2D eigenvalue weighted by molar-refractivity contribution is 4.94. The van der Waals surface area contributed by atoms with Crippen molar-refractivity contribution in [1.29, 1.82) is 0 Å². The van der Waals surface area contributed by atoms with E-state index in [0.29, 0.717) is 0 Å². The minimum absolute atomic E-state index is 0.286. The molecule has 0 amide bonds. The number of hydrogen-bond donors (Lipinski definition) is 2. The van der Waals surface area contributed by atoms with Crippen LogP contribution in [0.15, 0.2) is 0 Å². The molecule has 3 N–H and O–H groups in total. The fourth-order valence-corrected chi connectivity index (χ4v) is 1.12. The Bertz CT molecular complexity index is 121. The van der Waals surface area contributed by atoms with Crippen molar-refractivity contribution in [1.82, 2.24) is 0 Å². The second-order valence-corrected chi connectivity index (χ2v) is 5.27. The summed E-state index contributed by atoms with van der Waals surface area (Å²) >= 11 is 0. The molecule has 0 rings (SSSR count). The Balaban J connectivity index is 4.75. The lowest BCUT2D eigenvalue weighted by Gasteiger charge is -2.46. The first-order valence-electron chi connectivity index (χ1n) is 4.01. The van der Waals surface area contributed by atoms with E-state index in [1.54, 1.807) is 0 Å². The molecule has 0 unspecified atom stereocenters. The van der Waals surface area contributed by atoms with Gasteiger partial charge in [-0.15, -0.1) is 0 Å². The highest BCUT2D eigenvalue weighted by atomic mass is 16.3. The fourth-order valence-electron chi connectivity index (χ4n) is 1.12. The lowest BCUT2D eigenvalue weighted by atomic mass is 9.69.